The highest BCUT2D eigenvalue weighted by Crippen LogP contribution is 2.43. The van der Waals surface area contributed by atoms with E-state index < -0.39 is 0 Å². The molecule has 160 valence electrons. The monoisotopic (exact) mass is 442 g/mol. The van der Waals surface area contributed by atoms with Gasteiger partial charge in [-0.05, 0) is 48.4 Å². The van der Waals surface area contributed by atoms with Crippen molar-refractivity contribution < 1.29 is 9.47 Å². The summed E-state index contributed by atoms with van der Waals surface area (Å²) in [6, 6.07) is 16.0. The third-order valence-corrected chi connectivity index (χ3v) is 6.96. The Kier molecular flexibility index (Phi) is 8.11. The Labute approximate surface area is 187 Å². The highest BCUT2D eigenvalue weighted by Gasteiger charge is 2.18. The molecule has 0 radical (unpaired) electrons. The lowest BCUT2D eigenvalue weighted by molar-refractivity contribution is 0.283. The van der Waals surface area contributed by atoms with Gasteiger partial charge in [-0.3, -0.25) is 4.79 Å². The molecular formula is C25H30O3S2. The summed E-state index contributed by atoms with van der Waals surface area (Å²) in [5.74, 6) is 2.78. The largest absolute Gasteiger partial charge is 0.494 e. The van der Waals surface area contributed by atoms with Gasteiger partial charge in [0.25, 0.3) is 4.06 Å². The second kappa shape index (κ2) is 10.8. The van der Waals surface area contributed by atoms with Gasteiger partial charge in [-0.25, -0.2) is 0 Å². The number of ether oxygens (including phenoxy) is 2. The minimum atomic E-state index is 0.0862. The van der Waals surface area contributed by atoms with Gasteiger partial charge in [0.15, 0.2) is 0 Å². The summed E-state index contributed by atoms with van der Waals surface area (Å²) in [6.45, 7) is 10.1. The quantitative estimate of drug-likeness (QED) is 0.329. The average Bonchev–Trinajstić information content (AvgIpc) is 3.10. The minimum absolute atomic E-state index is 0.0862. The number of rotatable bonds is 10. The van der Waals surface area contributed by atoms with Crippen molar-refractivity contribution in [3.05, 3.63) is 57.4 Å². The van der Waals surface area contributed by atoms with Crippen LogP contribution in [0.15, 0.2) is 53.3 Å². The van der Waals surface area contributed by atoms with Crippen LogP contribution in [0.3, 0.4) is 0 Å². The summed E-state index contributed by atoms with van der Waals surface area (Å²) in [5, 5.41) is 0. The second-order valence-electron chi connectivity index (χ2n) is 8.20. The van der Waals surface area contributed by atoms with Gasteiger partial charge in [0, 0.05) is 5.56 Å². The first-order chi connectivity index (χ1) is 14.4. The van der Waals surface area contributed by atoms with E-state index in [0.29, 0.717) is 25.0 Å². The highest BCUT2D eigenvalue weighted by molar-refractivity contribution is 7.32. The van der Waals surface area contributed by atoms with Crippen molar-refractivity contribution in [2.45, 2.75) is 40.5 Å². The minimum Gasteiger partial charge on any atom is -0.494 e. The third kappa shape index (κ3) is 6.19. The fourth-order valence-corrected chi connectivity index (χ4v) is 5.14. The molecule has 1 aromatic heterocycles. The van der Waals surface area contributed by atoms with Gasteiger partial charge >= 0.3 is 0 Å². The zero-order valence-electron chi connectivity index (χ0n) is 18.1. The van der Waals surface area contributed by atoms with Gasteiger partial charge in [-0.15, -0.1) is 0 Å². The van der Waals surface area contributed by atoms with Crippen molar-refractivity contribution in [1.29, 1.82) is 0 Å². The summed E-state index contributed by atoms with van der Waals surface area (Å²) < 4.78 is 12.2. The lowest BCUT2D eigenvalue weighted by atomic mass is 10.1. The van der Waals surface area contributed by atoms with E-state index in [1.54, 1.807) is 0 Å². The Morgan fingerprint density at radius 3 is 2.10 bits per heavy atom. The van der Waals surface area contributed by atoms with E-state index in [2.05, 4.69) is 27.7 Å². The van der Waals surface area contributed by atoms with Crippen molar-refractivity contribution in [3.8, 4) is 32.4 Å². The van der Waals surface area contributed by atoms with Crippen molar-refractivity contribution >= 4 is 22.7 Å². The molecule has 0 spiro atoms. The Hall–Kier alpha value is -2.11. The Balaban J connectivity index is 1.98. The molecule has 0 amide bonds. The molecule has 3 nitrogen and oxygen atoms in total. The van der Waals surface area contributed by atoms with Crippen molar-refractivity contribution in [2.75, 3.05) is 13.2 Å². The Bertz CT molecular complexity index is 987. The van der Waals surface area contributed by atoms with Crippen molar-refractivity contribution in [1.82, 2.24) is 0 Å². The summed E-state index contributed by atoms with van der Waals surface area (Å²) >= 11 is 2.58. The molecule has 0 atom stereocenters. The second-order valence-corrected chi connectivity index (χ2v) is 10.4. The van der Waals surface area contributed by atoms with Gasteiger partial charge in [0.1, 0.15) is 11.5 Å². The van der Waals surface area contributed by atoms with Crippen LogP contribution in [0.4, 0.5) is 0 Å². The molecule has 0 fully saturated rings. The maximum Gasteiger partial charge on any atom is 0.288 e. The van der Waals surface area contributed by atoms with E-state index in [-0.39, 0.29) is 4.06 Å². The summed E-state index contributed by atoms with van der Waals surface area (Å²) in [5.41, 5.74) is 1.98. The van der Waals surface area contributed by atoms with Gasteiger partial charge in [0.2, 0.25) is 0 Å². The molecule has 0 saturated heterocycles. The summed E-state index contributed by atoms with van der Waals surface area (Å²) in [7, 11) is 0. The van der Waals surface area contributed by atoms with Crippen molar-refractivity contribution in [2.24, 2.45) is 11.8 Å². The van der Waals surface area contributed by atoms with Crippen LogP contribution >= 0.6 is 22.7 Å². The van der Waals surface area contributed by atoms with E-state index in [9.17, 15) is 4.79 Å². The lowest BCUT2D eigenvalue weighted by Crippen LogP contribution is -2.04. The van der Waals surface area contributed by atoms with Gasteiger partial charge < -0.3 is 9.47 Å². The topological polar surface area (TPSA) is 35.5 Å². The number of hydrogen-bond donors (Lipinski definition) is 0. The first-order valence-electron chi connectivity index (χ1n) is 10.5. The number of hydrogen-bond acceptors (Lipinski definition) is 5. The maximum atomic E-state index is 12.4. The third-order valence-electron chi connectivity index (χ3n) is 4.73. The van der Waals surface area contributed by atoms with E-state index in [4.69, 9.17) is 9.47 Å². The van der Waals surface area contributed by atoms with Crippen LogP contribution in [0.1, 0.15) is 40.5 Å². The maximum absolute atomic E-state index is 12.4. The normalized spacial score (nSPS) is 11.3. The van der Waals surface area contributed by atoms with Gasteiger partial charge in [0.05, 0.1) is 23.0 Å². The molecule has 0 aliphatic rings. The summed E-state index contributed by atoms with van der Waals surface area (Å²) in [6.07, 6.45) is 1.99. The fourth-order valence-electron chi connectivity index (χ4n) is 2.96. The molecular weight excluding hydrogens is 412 g/mol. The SMILES string of the molecule is CC(C)CCOc1ccc(OCCC(C)C)c(-c2sc(=O)sc2-c2ccccc2)c1. The predicted molar refractivity (Wildman–Crippen MR) is 129 cm³/mol. The van der Waals surface area contributed by atoms with Crippen LogP contribution in [-0.2, 0) is 0 Å². The Morgan fingerprint density at radius 2 is 1.43 bits per heavy atom. The molecule has 2 aromatic carbocycles. The molecule has 30 heavy (non-hydrogen) atoms. The van der Waals surface area contributed by atoms with E-state index in [1.165, 1.54) is 22.7 Å². The number of benzene rings is 2. The first-order valence-corrected chi connectivity index (χ1v) is 12.2. The van der Waals surface area contributed by atoms with Crippen LogP contribution < -0.4 is 13.5 Å². The fraction of sp³-hybridized carbons (Fsp3) is 0.400. The molecule has 0 aliphatic carbocycles. The van der Waals surface area contributed by atoms with Crippen LogP contribution in [0.2, 0.25) is 0 Å². The molecule has 0 bridgehead atoms. The van der Waals surface area contributed by atoms with E-state index in [1.807, 2.05) is 48.5 Å². The van der Waals surface area contributed by atoms with Crippen LogP contribution in [0, 0.1) is 11.8 Å². The van der Waals surface area contributed by atoms with Crippen molar-refractivity contribution in [3.63, 3.8) is 0 Å². The van der Waals surface area contributed by atoms with E-state index >= 15 is 0 Å². The Morgan fingerprint density at radius 1 is 0.800 bits per heavy atom. The lowest BCUT2D eigenvalue weighted by Gasteiger charge is -2.15. The molecule has 0 N–H and O–H groups in total. The highest BCUT2D eigenvalue weighted by atomic mass is 32.2. The van der Waals surface area contributed by atoms with Crippen LogP contribution in [-0.4, -0.2) is 13.2 Å². The predicted octanol–water partition coefficient (Wildman–Crippen LogP) is 7.35. The molecule has 3 aromatic rings. The summed E-state index contributed by atoms with van der Waals surface area (Å²) in [4.78, 5) is 14.3. The average molecular weight is 443 g/mol. The van der Waals surface area contributed by atoms with Crippen LogP contribution in [0.25, 0.3) is 20.9 Å². The molecule has 5 heteroatoms. The van der Waals surface area contributed by atoms with Gasteiger partial charge in [-0.1, -0.05) is 80.7 Å². The zero-order chi connectivity index (χ0) is 21.5. The first kappa shape index (κ1) is 22.6. The molecule has 0 saturated carbocycles. The smallest absolute Gasteiger partial charge is 0.288 e. The molecule has 0 aliphatic heterocycles. The molecule has 1 heterocycles. The van der Waals surface area contributed by atoms with Gasteiger partial charge in [-0.2, -0.15) is 0 Å². The van der Waals surface area contributed by atoms with Crippen LogP contribution in [0.5, 0.6) is 11.5 Å². The zero-order valence-corrected chi connectivity index (χ0v) is 19.8. The molecule has 3 rings (SSSR count). The standard InChI is InChI=1S/C25H30O3S2/c1-17(2)12-14-27-20-10-11-22(28-15-13-18(3)4)21(16-20)24-23(29-25(26)30-24)19-8-6-5-7-9-19/h5-11,16-18H,12-15H2,1-4H3. The molecule has 0 unspecified atom stereocenters. The van der Waals surface area contributed by atoms with E-state index in [0.717, 1.165) is 45.2 Å².